The van der Waals surface area contributed by atoms with Crippen molar-refractivity contribution < 1.29 is 14.7 Å². The van der Waals surface area contributed by atoms with Gasteiger partial charge in [-0.15, -0.1) is 11.3 Å². The lowest BCUT2D eigenvalue weighted by molar-refractivity contribution is -0.139. The van der Waals surface area contributed by atoms with Crippen LogP contribution >= 0.6 is 11.3 Å². The summed E-state index contributed by atoms with van der Waals surface area (Å²) in [6.07, 6.45) is 0.389. The third-order valence-electron chi connectivity index (χ3n) is 6.19. The summed E-state index contributed by atoms with van der Waals surface area (Å²) < 4.78 is 0. The highest BCUT2D eigenvalue weighted by Gasteiger charge is 2.41. The average molecular weight is 459 g/mol. The first kappa shape index (κ1) is 24.4. The Hall–Kier alpha value is -2.29. The van der Waals surface area contributed by atoms with Crippen molar-refractivity contribution in [3.8, 4) is 10.4 Å². The number of hydrogen-bond acceptors (Lipinski definition) is 6. The van der Waals surface area contributed by atoms with E-state index in [0.29, 0.717) is 13.0 Å². The SMILES string of the molecule is Cc1ncsc1-c1ccc([C@H](C)N[C@@H]2C[C@H](CC(=O)O)CN2C(=O)[C@@H](N)C(C)(C)C)cc1. The average Bonchev–Trinajstić information content (AvgIpc) is 3.31. The molecule has 2 aromatic rings. The molecule has 7 nitrogen and oxygen atoms in total. The predicted octanol–water partition coefficient (Wildman–Crippen LogP) is 3.79. The van der Waals surface area contributed by atoms with Gasteiger partial charge in [-0.05, 0) is 42.7 Å². The summed E-state index contributed by atoms with van der Waals surface area (Å²) >= 11 is 1.63. The van der Waals surface area contributed by atoms with Crippen LogP contribution in [0.15, 0.2) is 29.8 Å². The maximum Gasteiger partial charge on any atom is 0.303 e. The second-order valence-corrected chi connectivity index (χ2v) is 10.7. The van der Waals surface area contributed by atoms with E-state index in [-0.39, 0.29) is 35.9 Å². The zero-order valence-electron chi connectivity index (χ0n) is 19.5. The highest BCUT2D eigenvalue weighted by molar-refractivity contribution is 7.13. The number of aliphatic carboxylic acids is 1. The number of rotatable bonds is 7. The van der Waals surface area contributed by atoms with Crippen molar-refractivity contribution in [3.63, 3.8) is 0 Å². The van der Waals surface area contributed by atoms with Gasteiger partial charge in [-0.25, -0.2) is 4.98 Å². The molecular formula is C24H34N4O3S. The van der Waals surface area contributed by atoms with Gasteiger partial charge in [0, 0.05) is 19.0 Å². The van der Waals surface area contributed by atoms with E-state index in [1.807, 2.05) is 33.2 Å². The Morgan fingerprint density at radius 1 is 1.31 bits per heavy atom. The van der Waals surface area contributed by atoms with Crippen molar-refractivity contribution in [1.29, 1.82) is 0 Å². The molecule has 0 unspecified atom stereocenters. The van der Waals surface area contributed by atoms with Gasteiger partial charge >= 0.3 is 5.97 Å². The van der Waals surface area contributed by atoms with E-state index in [9.17, 15) is 14.7 Å². The fraction of sp³-hybridized carbons (Fsp3) is 0.542. The summed E-state index contributed by atoms with van der Waals surface area (Å²) in [6.45, 7) is 10.3. The molecule has 3 rings (SSSR count). The molecule has 2 heterocycles. The number of aromatic nitrogens is 1. The van der Waals surface area contributed by atoms with Gasteiger partial charge in [-0.3, -0.25) is 14.9 Å². The van der Waals surface area contributed by atoms with Crippen LogP contribution < -0.4 is 11.1 Å². The van der Waals surface area contributed by atoms with Gasteiger partial charge in [0.2, 0.25) is 5.91 Å². The lowest BCUT2D eigenvalue weighted by Crippen LogP contribution is -2.55. The summed E-state index contributed by atoms with van der Waals surface area (Å²) in [5.41, 5.74) is 11.0. The Morgan fingerprint density at radius 2 is 1.97 bits per heavy atom. The van der Waals surface area contributed by atoms with Crippen LogP contribution in [0.4, 0.5) is 0 Å². The molecule has 4 atom stereocenters. The number of likely N-dealkylation sites (tertiary alicyclic amines) is 1. The number of aryl methyl sites for hydroxylation is 1. The number of benzene rings is 1. The molecule has 0 bridgehead atoms. The highest BCUT2D eigenvalue weighted by Crippen LogP contribution is 2.31. The Labute approximate surface area is 194 Å². The minimum Gasteiger partial charge on any atom is -0.481 e. The molecule has 1 aromatic carbocycles. The third-order valence-corrected chi connectivity index (χ3v) is 7.17. The summed E-state index contributed by atoms with van der Waals surface area (Å²) in [5, 5.41) is 12.8. The number of carbonyl (C=O) groups excluding carboxylic acids is 1. The van der Waals surface area contributed by atoms with E-state index in [2.05, 4.69) is 41.5 Å². The molecule has 1 aromatic heterocycles. The molecule has 0 spiro atoms. The van der Waals surface area contributed by atoms with E-state index < -0.39 is 12.0 Å². The van der Waals surface area contributed by atoms with Crippen LogP contribution in [-0.4, -0.2) is 45.6 Å². The van der Waals surface area contributed by atoms with Gasteiger partial charge in [0.1, 0.15) is 0 Å². The van der Waals surface area contributed by atoms with Crippen molar-refractivity contribution >= 4 is 23.2 Å². The summed E-state index contributed by atoms with van der Waals surface area (Å²) in [4.78, 5) is 31.7. The molecular weight excluding hydrogens is 424 g/mol. The van der Waals surface area contributed by atoms with Gasteiger partial charge in [0.15, 0.2) is 0 Å². The standard InChI is InChI=1S/C24H34N4O3S/c1-14(17-6-8-18(9-7-17)21-15(2)26-13-32-21)27-19-10-16(11-20(29)30)12-28(19)23(31)22(25)24(3,4)5/h6-9,13-14,16,19,22,27H,10-12,25H2,1-5H3,(H,29,30)/t14-,16+,19-,22+/m0/s1. The molecule has 174 valence electrons. The number of hydrogen-bond donors (Lipinski definition) is 3. The molecule has 4 N–H and O–H groups in total. The van der Waals surface area contributed by atoms with E-state index >= 15 is 0 Å². The lowest BCUT2D eigenvalue weighted by atomic mass is 9.86. The molecule has 1 aliphatic heterocycles. The molecule has 1 fully saturated rings. The number of amides is 1. The topological polar surface area (TPSA) is 109 Å². The monoisotopic (exact) mass is 458 g/mol. The number of nitrogens with zero attached hydrogens (tertiary/aromatic N) is 2. The van der Waals surface area contributed by atoms with Gasteiger partial charge in [-0.2, -0.15) is 0 Å². The lowest BCUT2D eigenvalue weighted by Gasteiger charge is -2.34. The minimum absolute atomic E-state index is 0.0126. The minimum atomic E-state index is -0.842. The van der Waals surface area contributed by atoms with Crippen LogP contribution in [-0.2, 0) is 9.59 Å². The van der Waals surface area contributed by atoms with Crippen LogP contribution in [0.5, 0.6) is 0 Å². The zero-order chi connectivity index (χ0) is 23.6. The smallest absolute Gasteiger partial charge is 0.303 e. The molecule has 1 amide bonds. The molecule has 32 heavy (non-hydrogen) atoms. The quantitative estimate of drug-likeness (QED) is 0.582. The molecule has 1 saturated heterocycles. The fourth-order valence-electron chi connectivity index (χ4n) is 4.16. The number of thiazole rings is 1. The molecule has 0 radical (unpaired) electrons. The summed E-state index contributed by atoms with van der Waals surface area (Å²) in [5.74, 6) is -1.07. The zero-order valence-corrected chi connectivity index (χ0v) is 20.3. The Kier molecular flexibility index (Phi) is 7.37. The number of carbonyl (C=O) groups is 2. The molecule has 8 heteroatoms. The first-order valence-corrected chi connectivity index (χ1v) is 11.9. The summed E-state index contributed by atoms with van der Waals surface area (Å²) in [6, 6.07) is 7.70. The van der Waals surface area contributed by atoms with Gasteiger partial charge in [-0.1, -0.05) is 45.0 Å². The van der Waals surface area contributed by atoms with Gasteiger partial charge in [0.05, 0.1) is 28.3 Å². The van der Waals surface area contributed by atoms with Crippen molar-refractivity contribution in [3.05, 3.63) is 41.0 Å². The van der Waals surface area contributed by atoms with Crippen LogP contribution in [0, 0.1) is 18.3 Å². The number of nitrogens with two attached hydrogens (primary N) is 1. The highest BCUT2D eigenvalue weighted by atomic mass is 32.1. The van der Waals surface area contributed by atoms with Gasteiger partial charge < -0.3 is 15.7 Å². The second kappa shape index (κ2) is 9.68. The Balaban J connectivity index is 1.75. The number of nitrogens with one attached hydrogen (secondary N) is 1. The van der Waals surface area contributed by atoms with Crippen LogP contribution in [0.3, 0.4) is 0 Å². The normalized spacial score (nSPS) is 20.9. The number of carboxylic acids is 1. The molecule has 0 aliphatic carbocycles. The van der Waals surface area contributed by atoms with Crippen LogP contribution in [0.1, 0.15) is 57.8 Å². The second-order valence-electron chi connectivity index (χ2n) is 9.83. The van der Waals surface area contributed by atoms with E-state index in [0.717, 1.165) is 21.7 Å². The predicted molar refractivity (Wildman–Crippen MR) is 127 cm³/mol. The van der Waals surface area contributed by atoms with Crippen LogP contribution in [0.25, 0.3) is 10.4 Å². The first-order chi connectivity index (χ1) is 15.0. The van der Waals surface area contributed by atoms with Crippen molar-refractivity contribution in [2.75, 3.05) is 6.54 Å². The fourth-order valence-corrected chi connectivity index (χ4v) is 4.97. The maximum atomic E-state index is 13.2. The number of carboxylic acid groups (broad SMARTS) is 1. The van der Waals surface area contributed by atoms with E-state index in [1.54, 1.807) is 16.2 Å². The van der Waals surface area contributed by atoms with E-state index in [4.69, 9.17) is 5.73 Å². The summed E-state index contributed by atoms with van der Waals surface area (Å²) in [7, 11) is 0. The Bertz CT molecular complexity index is 951. The van der Waals surface area contributed by atoms with Crippen molar-refractivity contribution in [2.45, 2.75) is 65.7 Å². The molecule has 0 saturated carbocycles. The first-order valence-electron chi connectivity index (χ1n) is 11.0. The molecule has 1 aliphatic rings. The maximum absolute atomic E-state index is 13.2. The largest absolute Gasteiger partial charge is 0.481 e. The van der Waals surface area contributed by atoms with Gasteiger partial charge in [0.25, 0.3) is 0 Å². The van der Waals surface area contributed by atoms with Crippen molar-refractivity contribution in [1.82, 2.24) is 15.2 Å². The van der Waals surface area contributed by atoms with E-state index in [1.165, 1.54) is 0 Å². The van der Waals surface area contributed by atoms with Crippen molar-refractivity contribution in [2.24, 2.45) is 17.1 Å². The third kappa shape index (κ3) is 5.54. The van der Waals surface area contributed by atoms with Crippen LogP contribution in [0.2, 0.25) is 0 Å². The Morgan fingerprint density at radius 3 is 2.50 bits per heavy atom.